The first-order valence-electron chi connectivity index (χ1n) is 7.03. The van der Waals surface area contributed by atoms with E-state index in [1.165, 1.54) is 0 Å². The number of aromatic nitrogens is 1. The number of hydrogen-bond acceptors (Lipinski definition) is 3. The number of carbonyl (C=O) groups is 1. The summed E-state index contributed by atoms with van der Waals surface area (Å²) in [7, 11) is 0. The summed E-state index contributed by atoms with van der Waals surface area (Å²) >= 11 is 0. The van der Waals surface area contributed by atoms with E-state index >= 15 is 0 Å². The smallest absolute Gasteiger partial charge is 0.367 e. The maximum Gasteiger partial charge on any atom is 0.415 e. The van der Waals surface area contributed by atoms with Crippen molar-refractivity contribution in [2.45, 2.75) is 20.3 Å². The fourth-order valence-corrected chi connectivity index (χ4v) is 2.40. The van der Waals surface area contributed by atoms with Gasteiger partial charge in [-0.1, -0.05) is 6.07 Å². The third-order valence-corrected chi connectivity index (χ3v) is 3.51. The summed E-state index contributed by atoms with van der Waals surface area (Å²) < 4.78 is 0. The fourth-order valence-electron chi connectivity index (χ4n) is 2.40. The van der Waals surface area contributed by atoms with E-state index in [4.69, 9.17) is 6.57 Å². The predicted octanol–water partition coefficient (Wildman–Crippen LogP) is 2.79. The molecule has 110 valence electrons. The van der Waals surface area contributed by atoms with Gasteiger partial charge in [-0.05, 0) is 26.0 Å². The lowest BCUT2D eigenvalue weighted by Crippen LogP contribution is -2.34. The van der Waals surface area contributed by atoms with Crippen molar-refractivity contribution in [1.82, 2.24) is 14.8 Å². The number of nitrogens with zero attached hydrogens (tertiary/aromatic N) is 4. The van der Waals surface area contributed by atoms with Crippen LogP contribution in [0.4, 0.5) is 10.6 Å². The molecule has 1 aliphatic rings. The highest BCUT2D eigenvalue weighted by Crippen LogP contribution is 2.21. The third-order valence-electron chi connectivity index (χ3n) is 3.51. The van der Waals surface area contributed by atoms with Crippen LogP contribution < -0.4 is 5.32 Å². The number of carbonyl (C=O) groups excluding carboxylic acids is 1. The zero-order valence-electron chi connectivity index (χ0n) is 12.4. The first-order valence-corrected chi connectivity index (χ1v) is 7.03. The predicted molar refractivity (Wildman–Crippen MR) is 82.8 cm³/mol. The number of amides is 2. The van der Waals surface area contributed by atoms with E-state index < -0.39 is 0 Å². The van der Waals surface area contributed by atoms with Crippen LogP contribution in [-0.2, 0) is 0 Å². The number of anilines is 1. The molecule has 2 heterocycles. The Balaban J connectivity index is 2.23. The Labute approximate surface area is 124 Å². The lowest BCUT2D eigenvalue weighted by molar-refractivity contribution is 0.226. The van der Waals surface area contributed by atoms with Crippen LogP contribution in [0.25, 0.3) is 4.85 Å². The van der Waals surface area contributed by atoms with Crippen molar-refractivity contribution in [3.8, 4) is 6.57 Å². The Morgan fingerprint density at radius 3 is 2.90 bits per heavy atom. The minimum absolute atomic E-state index is 0.268. The van der Waals surface area contributed by atoms with Gasteiger partial charge in [-0.15, -0.1) is 0 Å². The molecular weight excluding hydrogens is 266 g/mol. The van der Waals surface area contributed by atoms with Crippen molar-refractivity contribution in [2.24, 2.45) is 0 Å². The molecule has 21 heavy (non-hydrogen) atoms. The van der Waals surface area contributed by atoms with Crippen molar-refractivity contribution >= 4 is 11.8 Å². The molecule has 2 amide bonds. The molecule has 6 heteroatoms. The van der Waals surface area contributed by atoms with Gasteiger partial charge >= 0.3 is 11.9 Å². The van der Waals surface area contributed by atoms with Crippen molar-refractivity contribution in [3.05, 3.63) is 40.8 Å². The number of urea groups is 1. The molecule has 1 aliphatic heterocycles. The Kier molecular flexibility index (Phi) is 4.77. The maximum absolute atomic E-state index is 12.4. The lowest BCUT2D eigenvalue weighted by atomic mass is 10.3. The Hall–Kier alpha value is -2.55. The van der Waals surface area contributed by atoms with Crippen LogP contribution in [0.15, 0.2) is 35.9 Å². The fraction of sp³-hybridized carbons (Fsp3) is 0.400. The molecule has 0 atom stereocenters. The van der Waals surface area contributed by atoms with Crippen LogP contribution in [0.5, 0.6) is 0 Å². The number of rotatable bonds is 2. The highest BCUT2D eigenvalue weighted by Gasteiger charge is 2.34. The van der Waals surface area contributed by atoms with Gasteiger partial charge in [0.2, 0.25) is 0 Å². The second kappa shape index (κ2) is 6.75. The largest absolute Gasteiger partial charge is 0.415 e. The molecule has 0 saturated carbocycles. The summed E-state index contributed by atoms with van der Waals surface area (Å²) in [5, 5.41) is 2.76. The standard InChI is InChI=1S/C15H19N5O/c1-4-19-10-7-11-20(14(16-3)12(19)2)15(21)18-13-8-5-6-9-17-13/h3,5-6,8-9H,4,7,10-11H2,1-2H3/p+1. The Morgan fingerprint density at radius 2 is 2.29 bits per heavy atom. The van der Waals surface area contributed by atoms with Gasteiger partial charge in [0, 0.05) is 25.7 Å². The lowest BCUT2D eigenvalue weighted by Gasteiger charge is -2.19. The van der Waals surface area contributed by atoms with Gasteiger partial charge in [0.05, 0.1) is 6.54 Å². The normalized spacial score (nSPS) is 15.5. The SMILES string of the molecule is C#[N+]C1=C(C)N(CC)CCCN1C(=O)Nc1ccccn1. The van der Waals surface area contributed by atoms with Crippen LogP contribution in [0, 0.1) is 6.57 Å². The van der Waals surface area contributed by atoms with Crippen molar-refractivity contribution in [1.29, 1.82) is 0 Å². The number of hydrogen-bond donors (Lipinski definition) is 1. The Bertz CT molecular complexity index is 575. The van der Waals surface area contributed by atoms with Crippen LogP contribution in [-0.4, -0.2) is 40.4 Å². The topological polar surface area (TPSA) is 52.8 Å². The third kappa shape index (κ3) is 3.31. The quantitative estimate of drug-likeness (QED) is 0.909. The van der Waals surface area contributed by atoms with Crippen LogP contribution in [0.2, 0.25) is 0 Å². The minimum Gasteiger partial charge on any atom is -0.367 e. The maximum atomic E-state index is 12.4. The molecule has 2 rings (SSSR count). The zero-order chi connectivity index (χ0) is 15.2. The molecule has 6 nitrogen and oxygen atoms in total. The molecule has 0 radical (unpaired) electrons. The van der Waals surface area contributed by atoms with Crippen molar-refractivity contribution in [3.63, 3.8) is 0 Å². The van der Waals surface area contributed by atoms with Crippen molar-refractivity contribution < 1.29 is 4.79 Å². The van der Waals surface area contributed by atoms with Crippen LogP contribution >= 0.6 is 0 Å². The second-order valence-electron chi connectivity index (χ2n) is 4.77. The average molecular weight is 286 g/mol. The summed E-state index contributed by atoms with van der Waals surface area (Å²) in [5.41, 5.74) is 0.911. The molecule has 1 aromatic rings. The van der Waals surface area contributed by atoms with Crippen LogP contribution in [0.3, 0.4) is 0 Å². The summed E-state index contributed by atoms with van der Waals surface area (Å²) in [5.74, 6) is 1.01. The summed E-state index contributed by atoms with van der Waals surface area (Å²) in [6, 6.07) is 5.09. The number of nitrogens with one attached hydrogen (secondary N) is 1. The molecule has 0 aliphatic carbocycles. The molecule has 0 unspecified atom stereocenters. The molecule has 0 fully saturated rings. The first-order chi connectivity index (χ1) is 10.2. The van der Waals surface area contributed by atoms with Gasteiger partial charge < -0.3 is 4.90 Å². The first kappa shape index (κ1) is 14.9. The van der Waals surface area contributed by atoms with Gasteiger partial charge in [0.15, 0.2) is 0 Å². The van der Waals surface area contributed by atoms with E-state index in [1.54, 1.807) is 23.2 Å². The molecular formula is C15H20N5O+. The summed E-state index contributed by atoms with van der Waals surface area (Å²) in [6.07, 6.45) is 2.49. The number of pyridine rings is 1. The van der Waals surface area contributed by atoms with E-state index in [0.29, 0.717) is 18.2 Å². The van der Waals surface area contributed by atoms with E-state index in [9.17, 15) is 4.79 Å². The van der Waals surface area contributed by atoms with E-state index in [1.807, 2.05) is 13.0 Å². The van der Waals surface area contributed by atoms with Gasteiger partial charge in [-0.2, -0.15) is 9.74 Å². The molecule has 0 saturated heterocycles. The monoisotopic (exact) mass is 286 g/mol. The average Bonchev–Trinajstić information content (AvgIpc) is 2.66. The van der Waals surface area contributed by atoms with E-state index in [-0.39, 0.29) is 6.03 Å². The van der Waals surface area contributed by atoms with Crippen LogP contribution in [0.1, 0.15) is 20.3 Å². The Morgan fingerprint density at radius 1 is 1.48 bits per heavy atom. The second-order valence-corrected chi connectivity index (χ2v) is 4.77. The summed E-state index contributed by atoms with van der Waals surface area (Å²) in [4.78, 5) is 24.1. The van der Waals surface area contributed by atoms with Gasteiger partial charge in [-0.3, -0.25) is 5.32 Å². The summed E-state index contributed by atoms with van der Waals surface area (Å²) in [6.45, 7) is 11.8. The number of allylic oxidation sites excluding steroid dienone is 1. The highest BCUT2D eigenvalue weighted by molar-refractivity contribution is 5.89. The molecule has 0 spiro atoms. The van der Waals surface area contributed by atoms with Gasteiger partial charge in [-0.25, -0.2) is 9.78 Å². The molecule has 0 aromatic carbocycles. The zero-order valence-corrected chi connectivity index (χ0v) is 12.4. The minimum atomic E-state index is -0.268. The molecule has 0 bridgehead atoms. The van der Waals surface area contributed by atoms with E-state index in [2.05, 4.69) is 27.0 Å². The van der Waals surface area contributed by atoms with E-state index in [0.717, 1.165) is 25.2 Å². The molecule has 1 N–H and O–H groups in total. The molecule has 1 aromatic heterocycles. The van der Waals surface area contributed by atoms with Crippen molar-refractivity contribution in [2.75, 3.05) is 25.0 Å². The highest BCUT2D eigenvalue weighted by atomic mass is 16.2. The van der Waals surface area contributed by atoms with Gasteiger partial charge in [0.25, 0.3) is 0 Å². The van der Waals surface area contributed by atoms with Gasteiger partial charge in [0.1, 0.15) is 18.1 Å².